The molecule has 3 aromatic rings. The number of nitrogens with one attached hydrogen (secondary N) is 3. The molecule has 0 bridgehead atoms. The highest BCUT2D eigenvalue weighted by molar-refractivity contribution is 9.10. The Hall–Kier alpha value is -2.95. The third-order valence-corrected chi connectivity index (χ3v) is 7.79. The van der Waals surface area contributed by atoms with Gasteiger partial charge >= 0.3 is 0 Å². The number of thiocarbonyl (C=S) groups is 1. The largest absolute Gasteiger partial charge is 0.492 e. The molecule has 3 aromatic carbocycles. The summed E-state index contributed by atoms with van der Waals surface area (Å²) < 4.78 is 34.7. The molecule has 0 heterocycles. The fourth-order valence-electron chi connectivity index (χ4n) is 3.77. The maximum absolute atomic E-state index is 12.8. The van der Waals surface area contributed by atoms with Crippen LogP contribution in [0.15, 0.2) is 70.0 Å². The fourth-order valence-corrected chi connectivity index (χ4v) is 5.52. The van der Waals surface area contributed by atoms with E-state index in [0.29, 0.717) is 33.8 Å². The third kappa shape index (κ3) is 8.82. The number of carbonyl (C=O) groups is 1. The van der Waals surface area contributed by atoms with Crippen LogP contribution in [0.2, 0.25) is 0 Å². The van der Waals surface area contributed by atoms with Crippen molar-refractivity contribution in [1.29, 1.82) is 0 Å². The van der Waals surface area contributed by atoms with Gasteiger partial charge in [-0.15, -0.1) is 0 Å². The lowest BCUT2D eigenvalue weighted by Crippen LogP contribution is -2.34. The van der Waals surface area contributed by atoms with Crippen LogP contribution < -0.4 is 20.1 Å². The minimum absolute atomic E-state index is 0.0892. The number of hydrogen-bond donors (Lipinski definition) is 3. The van der Waals surface area contributed by atoms with E-state index >= 15 is 0 Å². The first kappa shape index (κ1) is 29.6. The summed E-state index contributed by atoms with van der Waals surface area (Å²) in [4.78, 5) is 12.8. The molecule has 0 aromatic heterocycles. The van der Waals surface area contributed by atoms with Gasteiger partial charge in [-0.2, -0.15) is 0 Å². The van der Waals surface area contributed by atoms with Crippen molar-refractivity contribution in [2.45, 2.75) is 51.3 Å². The van der Waals surface area contributed by atoms with Crippen LogP contribution in [0.25, 0.3) is 0 Å². The molecule has 0 radical (unpaired) electrons. The molecule has 0 saturated carbocycles. The summed E-state index contributed by atoms with van der Waals surface area (Å²) >= 11 is 8.73. The van der Waals surface area contributed by atoms with Crippen LogP contribution in [-0.2, 0) is 10.0 Å². The molecule has 0 aliphatic carbocycles. The van der Waals surface area contributed by atoms with Gasteiger partial charge < -0.3 is 10.1 Å². The van der Waals surface area contributed by atoms with Gasteiger partial charge in [-0.25, -0.2) is 8.42 Å². The number of aryl methyl sites for hydroxylation is 2. The summed E-state index contributed by atoms with van der Waals surface area (Å²) in [5, 5.41) is 5.63. The topological polar surface area (TPSA) is 96.5 Å². The van der Waals surface area contributed by atoms with Crippen LogP contribution in [0, 0.1) is 13.8 Å². The third-order valence-electron chi connectivity index (χ3n) is 5.57. The highest BCUT2D eigenvalue weighted by atomic mass is 79.9. The number of ether oxygens (including phenoxy) is 1. The lowest BCUT2D eigenvalue weighted by molar-refractivity contribution is 0.0977. The van der Waals surface area contributed by atoms with Gasteiger partial charge in [0.05, 0.1) is 16.0 Å². The van der Waals surface area contributed by atoms with Crippen molar-refractivity contribution in [2.75, 3.05) is 16.6 Å². The first-order chi connectivity index (χ1) is 18.1. The second-order valence-corrected chi connectivity index (χ2v) is 11.9. The van der Waals surface area contributed by atoms with Gasteiger partial charge in [-0.3, -0.25) is 14.8 Å². The lowest BCUT2D eigenvalue weighted by Gasteiger charge is -2.13. The van der Waals surface area contributed by atoms with Crippen LogP contribution in [-0.4, -0.2) is 26.0 Å². The normalized spacial score (nSPS) is 11.1. The molecule has 0 unspecified atom stereocenters. The molecule has 3 rings (SSSR count). The van der Waals surface area contributed by atoms with E-state index < -0.39 is 10.0 Å². The number of benzene rings is 3. The van der Waals surface area contributed by atoms with E-state index in [1.807, 2.05) is 19.9 Å². The van der Waals surface area contributed by atoms with E-state index in [2.05, 4.69) is 38.2 Å². The first-order valence-corrected chi connectivity index (χ1v) is 15.0. The number of amides is 1. The monoisotopic (exact) mass is 617 g/mol. The maximum atomic E-state index is 12.8. The number of hydrogen-bond acceptors (Lipinski definition) is 5. The van der Waals surface area contributed by atoms with Crippen molar-refractivity contribution in [1.82, 2.24) is 5.32 Å². The highest BCUT2D eigenvalue weighted by Crippen LogP contribution is 2.26. The molecule has 10 heteroatoms. The number of rotatable bonds is 11. The number of sulfonamides is 1. The second kappa shape index (κ2) is 13.7. The molecule has 202 valence electrons. The van der Waals surface area contributed by atoms with Crippen molar-refractivity contribution in [2.24, 2.45) is 0 Å². The molecule has 0 saturated heterocycles. The minimum atomic E-state index is -3.76. The quantitative estimate of drug-likeness (QED) is 0.159. The van der Waals surface area contributed by atoms with Crippen molar-refractivity contribution >= 4 is 60.6 Å². The Morgan fingerprint density at radius 3 is 2.24 bits per heavy atom. The molecule has 1 amide bonds. The average molecular weight is 619 g/mol. The summed E-state index contributed by atoms with van der Waals surface area (Å²) in [6, 6.07) is 16.7. The van der Waals surface area contributed by atoms with Crippen molar-refractivity contribution in [3.8, 4) is 5.75 Å². The Morgan fingerprint density at radius 1 is 0.921 bits per heavy atom. The molecule has 38 heavy (non-hydrogen) atoms. The minimum Gasteiger partial charge on any atom is -0.492 e. The van der Waals surface area contributed by atoms with Gasteiger partial charge in [-0.05, 0) is 114 Å². The molecular weight excluding hydrogens is 586 g/mol. The summed E-state index contributed by atoms with van der Waals surface area (Å²) in [7, 11) is -3.76. The molecule has 3 N–H and O–H groups in total. The zero-order valence-electron chi connectivity index (χ0n) is 21.6. The van der Waals surface area contributed by atoms with Crippen LogP contribution in [0.1, 0.15) is 54.1 Å². The maximum Gasteiger partial charge on any atom is 0.261 e. The van der Waals surface area contributed by atoms with E-state index in [0.717, 1.165) is 24.0 Å². The van der Waals surface area contributed by atoms with Gasteiger partial charge in [0.1, 0.15) is 5.75 Å². The molecule has 0 atom stereocenters. The van der Waals surface area contributed by atoms with Crippen LogP contribution in [0.5, 0.6) is 5.75 Å². The number of halogens is 1. The predicted octanol–water partition coefficient (Wildman–Crippen LogP) is 6.95. The Kier molecular flexibility index (Phi) is 10.7. The standard InChI is InChI=1S/C28H32BrN3O4S2/c1-4-5-6-7-14-36-26-13-8-21(18-25(26)29)27(33)31-28(37)30-22-9-11-24(12-10-22)38(34,35)32-23-16-19(2)15-20(3)17-23/h8-13,15-18,32H,4-7,14H2,1-3H3,(H2,30,31,33,37). The smallest absolute Gasteiger partial charge is 0.261 e. The number of anilines is 2. The van der Waals surface area contributed by atoms with Crippen molar-refractivity contribution in [3.05, 3.63) is 81.8 Å². The Balaban J connectivity index is 1.55. The van der Waals surface area contributed by atoms with E-state index in [9.17, 15) is 13.2 Å². The van der Waals surface area contributed by atoms with E-state index in [1.54, 1.807) is 42.5 Å². The Morgan fingerprint density at radius 2 is 1.61 bits per heavy atom. The first-order valence-electron chi connectivity index (χ1n) is 12.3. The van der Waals surface area contributed by atoms with Crippen LogP contribution >= 0.6 is 28.1 Å². The van der Waals surface area contributed by atoms with Gasteiger partial charge in [0.15, 0.2) is 5.11 Å². The Labute approximate surface area is 238 Å². The Bertz CT molecular complexity index is 1370. The van der Waals surface area contributed by atoms with E-state index in [-0.39, 0.29) is 15.9 Å². The summed E-state index contributed by atoms with van der Waals surface area (Å²) in [6.45, 7) is 6.61. The van der Waals surface area contributed by atoms with E-state index in [4.69, 9.17) is 17.0 Å². The SMILES string of the molecule is CCCCCCOc1ccc(C(=O)NC(=S)Nc2ccc(S(=O)(=O)Nc3cc(C)cc(C)c3)cc2)cc1Br. The van der Waals surface area contributed by atoms with Gasteiger partial charge in [0.2, 0.25) is 0 Å². The molecule has 0 aliphatic heterocycles. The summed E-state index contributed by atoms with van der Waals surface area (Å²) in [6.07, 6.45) is 4.47. The highest BCUT2D eigenvalue weighted by Gasteiger charge is 2.15. The summed E-state index contributed by atoms with van der Waals surface area (Å²) in [5.74, 6) is 0.301. The summed E-state index contributed by atoms with van der Waals surface area (Å²) in [5.41, 5.74) is 3.39. The molecule has 0 spiro atoms. The van der Waals surface area contributed by atoms with Gasteiger partial charge in [-0.1, -0.05) is 32.3 Å². The zero-order valence-corrected chi connectivity index (χ0v) is 24.9. The molecule has 0 aliphatic rings. The van der Waals surface area contributed by atoms with Crippen molar-refractivity contribution < 1.29 is 17.9 Å². The lowest BCUT2D eigenvalue weighted by atomic mass is 10.1. The second-order valence-electron chi connectivity index (χ2n) is 8.97. The van der Waals surface area contributed by atoms with E-state index in [1.165, 1.54) is 25.0 Å². The fraction of sp³-hybridized carbons (Fsp3) is 0.286. The predicted molar refractivity (Wildman–Crippen MR) is 161 cm³/mol. The molecular formula is C28H32BrN3O4S2. The molecule has 0 fully saturated rings. The number of unbranched alkanes of at least 4 members (excludes halogenated alkanes) is 3. The van der Waals surface area contributed by atoms with Crippen molar-refractivity contribution in [3.63, 3.8) is 0 Å². The zero-order chi connectivity index (χ0) is 27.7. The van der Waals surface area contributed by atoms with Gasteiger partial charge in [0, 0.05) is 16.9 Å². The van der Waals surface area contributed by atoms with Crippen LogP contribution in [0.3, 0.4) is 0 Å². The average Bonchev–Trinajstić information content (AvgIpc) is 2.84. The molecule has 7 nitrogen and oxygen atoms in total. The number of carbonyl (C=O) groups excluding carboxylic acids is 1. The van der Waals surface area contributed by atoms with Gasteiger partial charge in [0.25, 0.3) is 15.9 Å². The van der Waals surface area contributed by atoms with Crippen LogP contribution in [0.4, 0.5) is 11.4 Å².